The molecule has 0 radical (unpaired) electrons. The van der Waals surface area contributed by atoms with Crippen molar-refractivity contribution in [2.24, 2.45) is 5.92 Å². The van der Waals surface area contributed by atoms with Crippen LogP contribution in [0.3, 0.4) is 0 Å². The molecular weight excluding hydrogens is 266 g/mol. The molecule has 0 saturated carbocycles. The molecule has 0 spiro atoms. The number of aromatic amines is 1. The lowest BCUT2D eigenvalue weighted by Gasteiger charge is -2.26. The van der Waals surface area contributed by atoms with Gasteiger partial charge in [-0.3, -0.25) is 5.10 Å². The lowest BCUT2D eigenvalue weighted by atomic mass is 10.2. The monoisotopic (exact) mass is 289 g/mol. The zero-order valence-corrected chi connectivity index (χ0v) is 13.0. The minimum Gasteiger partial charge on any atom is -0.392 e. The Bertz CT molecular complexity index is 520. The first kappa shape index (κ1) is 16.1. The predicted octanol–water partition coefficient (Wildman–Crippen LogP) is 1.27. The Morgan fingerprint density at radius 2 is 1.89 bits per heavy atom. The molecule has 1 heterocycles. The van der Waals surface area contributed by atoms with E-state index in [2.05, 4.69) is 10.2 Å². The second-order valence-corrected chi connectivity index (χ2v) is 7.16. The van der Waals surface area contributed by atoms with E-state index < -0.39 is 10.0 Å². The summed E-state index contributed by atoms with van der Waals surface area (Å²) in [6.45, 7) is 9.37. The fourth-order valence-electron chi connectivity index (χ4n) is 1.89. The van der Waals surface area contributed by atoms with E-state index in [4.69, 9.17) is 0 Å². The van der Waals surface area contributed by atoms with Crippen molar-refractivity contribution in [3.8, 4) is 0 Å². The molecule has 110 valence electrons. The Labute approximate surface area is 114 Å². The van der Waals surface area contributed by atoms with Crippen LogP contribution in [-0.2, 0) is 16.6 Å². The molecule has 0 unspecified atom stereocenters. The first-order valence-corrected chi connectivity index (χ1v) is 7.82. The Morgan fingerprint density at radius 3 is 2.32 bits per heavy atom. The van der Waals surface area contributed by atoms with Crippen molar-refractivity contribution in [3.63, 3.8) is 0 Å². The summed E-state index contributed by atoms with van der Waals surface area (Å²) in [7, 11) is -3.69. The lowest BCUT2D eigenvalue weighted by Crippen LogP contribution is -2.40. The first-order chi connectivity index (χ1) is 8.71. The standard InChI is InChI=1S/C12H23N3O3S/c1-8(2)6-15(9(3)4)19(17,18)12-11(7-16)10(5)13-14-12/h8-9,16H,6-7H2,1-5H3,(H,13,14). The highest BCUT2D eigenvalue weighted by atomic mass is 32.2. The number of H-pyrrole nitrogens is 1. The minimum absolute atomic E-state index is 0.0677. The fourth-order valence-corrected chi connectivity index (χ4v) is 3.85. The Balaban J connectivity index is 3.27. The van der Waals surface area contributed by atoms with E-state index in [0.29, 0.717) is 17.8 Å². The summed E-state index contributed by atoms with van der Waals surface area (Å²) in [5, 5.41) is 15.7. The van der Waals surface area contributed by atoms with Crippen LogP contribution in [0.4, 0.5) is 0 Å². The van der Waals surface area contributed by atoms with E-state index in [0.717, 1.165) is 0 Å². The van der Waals surface area contributed by atoms with Gasteiger partial charge in [0, 0.05) is 23.8 Å². The van der Waals surface area contributed by atoms with E-state index in [-0.39, 0.29) is 23.6 Å². The summed E-state index contributed by atoms with van der Waals surface area (Å²) < 4.78 is 26.7. The van der Waals surface area contributed by atoms with Gasteiger partial charge in [0.25, 0.3) is 10.0 Å². The normalized spacial score (nSPS) is 12.9. The molecule has 0 aliphatic heterocycles. The fraction of sp³-hybridized carbons (Fsp3) is 0.750. The molecule has 7 heteroatoms. The number of aromatic nitrogens is 2. The number of hydrogen-bond acceptors (Lipinski definition) is 4. The molecule has 0 aliphatic carbocycles. The first-order valence-electron chi connectivity index (χ1n) is 6.38. The van der Waals surface area contributed by atoms with E-state index in [1.54, 1.807) is 6.92 Å². The van der Waals surface area contributed by atoms with Gasteiger partial charge in [0.1, 0.15) is 0 Å². The quantitative estimate of drug-likeness (QED) is 0.825. The maximum absolute atomic E-state index is 12.6. The van der Waals surface area contributed by atoms with E-state index in [1.165, 1.54) is 4.31 Å². The van der Waals surface area contributed by atoms with Gasteiger partial charge in [-0.25, -0.2) is 8.42 Å². The molecule has 19 heavy (non-hydrogen) atoms. The Morgan fingerprint density at radius 1 is 1.32 bits per heavy atom. The summed E-state index contributed by atoms with van der Waals surface area (Å²) in [6.07, 6.45) is 0. The third-order valence-electron chi connectivity index (χ3n) is 2.87. The van der Waals surface area contributed by atoms with Crippen LogP contribution in [0.2, 0.25) is 0 Å². The Kier molecular flexibility index (Phi) is 5.11. The number of aliphatic hydroxyl groups is 1. The summed E-state index contributed by atoms with van der Waals surface area (Å²) in [5.74, 6) is 0.217. The van der Waals surface area contributed by atoms with E-state index in [1.807, 2.05) is 27.7 Å². The third kappa shape index (κ3) is 3.34. The summed E-state index contributed by atoms with van der Waals surface area (Å²) in [4.78, 5) is 0. The molecule has 0 saturated heterocycles. The van der Waals surface area contributed by atoms with Crippen molar-refractivity contribution in [2.75, 3.05) is 6.54 Å². The van der Waals surface area contributed by atoms with Gasteiger partial charge in [0.15, 0.2) is 5.03 Å². The molecule has 0 atom stereocenters. The lowest BCUT2D eigenvalue weighted by molar-refractivity contribution is 0.275. The molecule has 1 rings (SSSR count). The van der Waals surface area contributed by atoms with Gasteiger partial charge in [0.2, 0.25) is 0 Å². The molecule has 1 aromatic rings. The van der Waals surface area contributed by atoms with Crippen LogP contribution in [0.25, 0.3) is 0 Å². The number of rotatable bonds is 6. The average Bonchev–Trinajstić information content (AvgIpc) is 2.67. The van der Waals surface area contributed by atoms with Crippen LogP contribution < -0.4 is 0 Å². The van der Waals surface area contributed by atoms with Crippen molar-refractivity contribution in [2.45, 2.75) is 52.3 Å². The molecule has 0 bridgehead atoms. The van der Waals surface area contributed by atoms with Crippen LogP contribution >= 0.6 is 0 Å². The number of aryl methyl sites for hydroxylation is 1. The second-order valence-electron chi connectivity index (χ2n) is 5.35. The van der Waals surface area contributed by atoms with E-state index in [9.17, 15) is 13.5 Å². The van der Waals surface area contributed by atoms with Gasteiger partial charge < -0.3 is 5.11 Å². The number of hydrogen-bond donors (Lipinski definition) is 2. The van der Waals surface area contributed by atoms with Crippen LogP contribution in [0.15, 0.2) is 5.03 Å². The largest absolute Gasteiger partial charge is 0.392 e. The highest BCUT2D eigenvalue weighted by Gasteiger charge is 2.32. The third-order valence-corrected chi connectivity index (χ3v) is 4.88. The average molecular weight is 289 g/mol. The number of nitrogens with zero attached hydrogens (tertiary/aromatic N) is 2. The summed E-state index contributed by atoms with van der Waals surface area (Å²) >= 11 is 0. The highest BCUT2D eigenvalue weighted by Crippen LogP contribution is 2.23. The van der Waals surface area contributed by atoms with Crippen LogP contribution in [0.1, 0.15) is 39.0 Å². The SMILES string of the molecule is Cc1[nH]nc(S(=O)(=O)N(CC(C)C)C(C)C)c1CO. The molecule has 2 N–H and O–H groups in total. The minimum atomic E-state index is -3.69. The topological polar surface area (TPSA) is 86.3 Å². The number of aliphatic hydroxyl groups excluding tert-OH is 1. The number of nitrogens with one attached hydrogen (secondary N) is 1. The summed E-state index contributed by atoms with van der Waals surface area (Å²) in [6, 6.07) is -0.157. The van der Waals surface area contributed by atoms with Gasteiger partial charge in [0.05, 0.1) is 6.61 Å². The van der Waals surface area contributed by atoms with Gasteiger partial charge in [-0.05, 0) is 26.7 Å². The van der Waals surface area contributed by atoms with Gasteiger partial charge in [-0.15, -0.1) is 0 Å². The van der Waals surface area contributed by atoms with Gasteiger partial charge in [-0.1, -0.05) is 13.8 Å². The van der Waals surface area contributed by atoms with Crippen molar-refractivity contribution < 1.29 is 13.5 Å². The van der Waals surface area contributed by atoms with Gasteiger partial charge in [-0.2, -0.15) is 9.40 Å². The van der Waals surface area contributed by atoms with Crippen LogP contribution in [0, 0.1) is 12.8 Å². The number of sulfonamides is 1. The zero-order chi connectivity index (χ0) is 14.8. The summed E-state index contributed by atoms with van der Waals surface area (Å²) in [5.41, 5.74) is 0.920. The van der Waals surface area contributed by atoms with Crippen molar-refractivity contribution in [1.29, 1.82) is 0 Å². The smallest absolute Gasteiger partial charge is 0.262 e. The molecule has 1 aromatic heterocycles. The molecular formula is C12H23N3O3S. The van der Waals surface area contributed by atoms with Crippen molar-refractivity contribution >= 4 is 10.0 Å². The molecule has 0 fully saturated rings. The van der Waals surface area contributed by atoms with E-state index >= 15 is 0 Å². The van der Waals surface area contributed by atoms with Crippen molar-refractivity contribution in [1.82, 2.24) is 14.5 Å². The predicted molar refractivity (Wildman–Crippen MR) is 73.1 cm³/mol. The highest BCUT2D eigenvalue weighted by molar-refractivity contribution is 7.89. The second kappa shape index (κ2) is 6.02. The zero-order valence-electron chi connectivity index (χ0n) is 12.1. The maximum Gasteiger partial charge on any atom is 0.262 e. The molecule has 0 aromatic carbocycles. The van der Waals surface area contributed by atoms with Crippen molar-refractivity contribution in [3.05, 3.63) is 11.3 Å². The molecule has 0 amide bonds. The van der Waals surface area contributed by atoms with Crippen LogP contribution in [0.5, 0.6) is 0 Å². The molecule has 6 nitrogen and oxygen atoms in total. The molecule has 0 aliphatic rings. The maximum atomic E-state index is 12.6. The van der Waals surface area contributed by atoms with Crippen LogP contribution in [-0.4, -0.2) is 40.6 Å². The Hall–Kier alpha value is -0.920. The van der Waals surface area contributed by atoms with Gasteiger partial charge >= 0.3 is 0 Å².